The number of rotatable bonds is 3. The zero-order chi connectivity index (χ0) is 10.7. The van der Waals surface area contributed by atoms with E-state index in [2.05, 4.69) is 28.8 Å². The number of nitrogens with zero attached hydrogens (tertiary/aromatic N) is 2. The Balaban J connectivity index is 1.79. The van der Waals surface area contributed by atoms with E-state index in [0.717, 1.165) is 16.8 Å². The molecule has 1 fully saturated rings. The fourth-order valence-corrected chi connectivity index (χ4v) is 2.86. The van der Waals surface area contributed by atoms with Crippen molar-refractivity contribution in [2.45, 2.75) is 45.6 Å². The molecule has 1 saturated carbocycles. The van der Waals surface area contributed by atoms with E-state index in [1.165, 1.54) is 37.2 Å². The third-order valence-corrected chi connectivity index (χ3v) is 4.02. The van der Waals surface area contributed by atoms with Gasteiger partial charge in [0.05, 0.1) is 6.20 Å². The lowest BCUT2D eigenvalue weighted by atomic mass is 9.80. The normalized spacial score (nSPS) is 26.9. The SMILES string of the molecule is CC(C)C1CCC(Nc2cnns2)CC1. The second-order valence-electron chi connectivity index (χ2n) is 4.78. The van der Waals surface area contributed by atoms with Gasteiger partial charge in [-0.25, -0.2) is 0 Å². The number of hydrogen-bond acceptors (Lipinski definition) is 4. The molecule has 1 aliphatic carbocycles. The summed E-state index contributed by atoms with van der Waals surface area (Å²) in [6.07, 6.45) is 7.13. The zero-order valence-electron chi connectivity index (χ0n) is 9.44. The minimum Gasteiger partial charge on any atom is -0.372 e. The lowest BCUT2D eigenvalue weighted by Crippen LogP contribution is -2.27. The maximum atomic E-state index is 3.86. The highest BCUT2D eigenvalue weighted by Crippen LogP contribution is 2.31. The first kappa shape index (κ1) is 10.9. The molecule has 1 N–H and O–H groups in total. The molecule has 0 bridgehead atoms. The van der Waals surface area contributed by atoms with E-state index in [0.29, 0.717) is 6.04 Å². The molecule has 0 spiro atoms. The maximum absolute atomic E-state index is 3.86. The third kappa shape index (κ3) is 2.91. The van der Waals surface area contributed by atoms with E-state index in [1.807, 2.05) is 6.20 Å². The Hall–Kier alpha value is -0.640. The summed E-state index contributed by atoms with van der Waals surface area (Å²) in [4.78, 5) is 0. The summed E-state index contributed by atoms with van der Waals surface area (Å²) in [6.45, 7) is 4.68. The molecule has 1 aliphatic rings. The molecule has 15 heavy (non-hydrogen) atoms. The van der Waals surface area contributed by atoms with Gasteiger partial charge in [0.25, 0.3) is 0 Å². The van der Waals surface area contributed by atoms with Crippen LogP contribution in [0.2, 0.25) is 0 Å². The highest BCUT2D eigenvalue weighted by atomic mass is 32.1. The number of hydrogen-bond donors (Lipinski definition) is 1. The molecular weight excluding hydrogens is 206 g/mol. The van der Waals surface area contributed by atoms with Crippen LogP contribution in [-0.2, 0) is 0 Å². The van der Waals surface area contributed by atoms with Crippen molar-refractivity contribution in [3.63, 3.8) is 0 Å². The Kier molecular flexibility index (Phi) is 3.57. The molecule has 1 aromatic rings. The van der Waals surface area contributed by atoms with Crippen molar-refractivity contribution in [2.75, 3.05) is 5.32 Å². The molecule has 0 radical (unpaired) electrons. The van der Waals surface area contributed by atoms with Crippen molar-refractivity contribution in [1.82, 2.24) is 9.59 Å². The smallest absolute Gasteiger partial charge is 0.130 e. The van der Waals surface area contributed by atoms with Crippen molar-refractivity contribution < 1.29 is 0 Å². The second kappa shape index (κ2) is 4.92. The van der Waals surface area contributed by atoms with Gasteiger partial charge in [-0.3, -0.25) is 0 Å². The molecule has 0 unspecified atom stereocenters. The Bertz CT molecular complexity index is 276. The summed E-state index contributed by atoms with van der Waals surface area (Å²) >= 11 is 1.45. The average Bonchev–Trinajstić information content (AvgIpc) is 2.71. The maximum Gasteiger partial charge on any atom is 0.130 e. The first-order valence-corrected chi connectivity index (χ1v) is 6.57. The molecule has 0 aromatic carbocycles. The molecule has 84 valence electrons. The van der Waals surface area contributed by atoms with Gasteiger partial charge in [-0.2, -0.15) is 0 Å². The monoisotopic (exact) mass is 225 g/mol. The third-order valence-electron chi connectivity index (χ3n) is 3.42. The van der Waals surface area contributed by atoms with Crippen LogP contribution < -0.4 is 5.32 Å². The summed E-state index contributed by atoms with van der Waals surface area (Å²) in [7, 11) is 0. The zero-order valence-corrected chi connectivity index (χ0v) is 10.3. The van der Waals surface area contributed by atoms with Gasteiger partial charge >= 0.3 is 0 Å². The van der Waals surface area contributed by atoms with Gasteiger partial charge in [-0.05, 0) is 37.5 Å². The molecule has 2 rings (SSSR count). The van der Waals surface area contributed by atoms with Gasteiger partial charge < -0.3 is 5.32 Å². The van der Waals surface area contributed by atoms with Crippen molar-refractivity contribution in [3.8, 4) is 0 Å². The topological polar surface area (TPSA) is 37.8 Å². The second-order valence-corrected chi connectivity index (χ2v) is 5.57. The Labute approximate surface area is 95.4 Å². The summed E-state index contributed by atoms with van der Waals surface area (Å²) < 4.78 is 3.86. The molecule has 0 atom stereocenters. The molecule has 3 nitrogen and oxygen atoms in total. The number of aromatic nitrogens is 2. The van der Waals surface area contributed by atoms with Crippen LogP contribution in [0.3, 0.4) is 0 Å². The Morgan fingerprint density at radius 3 is 2.60 bits per heavy atom. The molecule has 4 heteroatoms. The van der Waals surface area contributed by atoms with E-state index in [-0.39, 0.29) is 0 Å². The molecule has 0 amide bonds. The van der Waals surface area contributed by atoms with E-state index < -0.39 is 0 Å². The van der Waals surface area contributed by atoms with Crippen molar-refractivity contribution >= 4 is 16.5 Å². The first-order valence-electron chi connectivity index (χ1n) is 5.79. The van der Waals surface area contributed by atoms with Crippen molar-refractivity contribution in [3.05, 3.63) is 6.20 Å². The highest BCUT2D eigenvalue weighted by molar-refractivity contribution is 7.09. The fraction of sp³-hybridized carbons (Fsp3) is 0.818. The van der Waals surface area contributed by atoms with E-state index >= 15 is 0 Å². The predicted octanol–water partition coefficient (Wildman–Crippen LogP) is 3.16. The number of anilines is 1. The van der Waals surface area contributed by atoms with Crippen LogP contribution >= 0.6 is 11.5 Å². The van der Waals surface area contributed by atoms with Crippen LogP contribution in [0.15, 0.2) is 6.20 Å². The molecule has 1 heterocycles. The van der Waals surface area contributed by atoms with E-state index in [1.54, 1.807) is 0 Å². The van der Waals surface area contributed by atoms with Crippen LogP contribution in [0.25, 0.3) is 0 Å². The van der Waals surface area contributed by atoms with Crippen molar-refractivity contribution in [2.24, 2.45) is 11.8 Å². The molecular formula is C11H19N3S. The standard InChI is InChI=1S/C11H19N3S/c1-8(2)9-3-5-10(6-4-9)13-11-7-12-14-15-11/h7-10,13H,3-6H2,1-2H3. The van der Waals surface area contributed by atoms with E-state index in [4.69, 9.17) is 0 Å². The fourth-order valence-electron chi connectivity index (χ4n) is 2.36. The summed E-state index contributed by atoms with van der Waals surface area (Å²) in [5, 5.41) is 8.46. The minimum atomic E-state index is 0.641. The molecule has 1 aromatic heterocycles. The van der Waals surface area contributed by atoms with Gasteiger partial charge in [0.2, 0.25) is 0 Å². The van der Waals surface area contributed by atoms with Gasteiger partial charge in [0, 0.05) is 17.6 Å². The first-order chi connectivity index (χ1) is 7.25. The minimum absolute atomic E-state index is 0.641. The largest absolute Gasteiger partial charge is 0.372 e. The quantitative estimate of drug-likeness (QED) is 0.858. The van der Waals surface area contributed by atoms with Gasteiger partial charge in [-0.1, -0.05) is 18.3 Å². The molecule has 0 aliphatic heterocycles. The molecule has 0 saturated heterocycles. The Morgan fingerprint density at radius 2 is 2.07 bits per heavy atom. The Morgan fingerprint density at radius 1 is 1.33 bits per heavy atom. The lowest BCUT2D eigenvalue weighted by molar-refractivity contribution is 0.267. The van der Waals surface area contributed by atoms with Crippen LogP contribution in [0.4, 0.5) is 5.00 Å². The average molecular weight is 225 g/mol. The van der Waals surface area contributed by atoms with Gasteiger partial charge in [-0.15, -0.1) is 5.10 Å². The van der Waals surface area contributed by atoms with E-state index in [9.17, 15) is 0 Å². The summed E-state index contributed by atoms with van der Waals surface area (Å²) in [5.41, 5.74) is 0. The number of nitrogens with one attached hydrogen (secondary N) is 1. The van der Waals surface area contributed by atoms with Crippen LogP contribution in [-0.4, -0.2) is 15.6 Å². The van der Waals surface area contributed by atoms with Crippen LogP contribution in [0.5, 0.6) is 0 Å². The lowest BCUT2D eigenvalue weighted by Gasteiger charge is -2.31. The van der Waals surface area contributed by atoms with Gasteiger partial charge in [0.1, 0.15) is 5.00 Å². The van der Waals surface area contributed by atoms with Gasteiger partial charge in [0.15, 0.2) is 0 Å². The summed E-state index contributed by atoms with van der Waals surface area (Å²) in [5.74, 6) is 1.78. The summed E-state index contributed by atoms with van der Waals surface area (Å²) in [6, 6.07) is 0.641. The predicted molar refractivity (Wildman–Crippen MR) is 64.1 cm³/mol. The van der Waals surface area contributed by atoms with Crippen LogP contribution in [0, 0.1) is 11.8 Å². The highest BCUT2D eigenvalue weighted by Gasteiger charge is 2.23. The van der Waals surface area contributed by atoms with Crippen LogP contribution in [0.1, 0.15) is 39.5 Å². The van der Waals surface area contributed by atoms with Crippen molar-refractivity contribution in [1.29, 1.82) is 0 Å².